The van der Waals surface area contributed by atoms with Crippen molar-refractivity contribution in [2.45, 2.75) is 25.6 Å². The topological polar surface area (TPSA) is 44.8 Å². The van der Waals surface area contributed by atoms with Gasteiger partial charge in [-0.3, -0.25) is 4.79 Å². The minimum absolute atomic E-state index is 0.0145. The van der Waals surface area contributed by atoms with E-state index in [0.717, 1.165) is 0 Å². The minimum atomic E-state index is -0.271. The Morgan fingerprint density at radius 2 is 2.46 bits per heavy atom. The molecule has 2 unspecified atom stereocenters. The van der Waals surface area contributed by atoms with Gasteiger partial charge in [-0.1, -0.05) is 0 Å². The maximum absolute atomic E-state index is 10.6. The van der Waals surface area contributed by atoms with Crippen molar-refractivity contribution >= 4 is 5.97 Å². The van der Waals surface area contributed by atoms with Gasteiger partial charge in [0.25, 0.3) is 0 Å². The van der Waals surface area contributed by atoms with Gasteiger partial charge in [0.15, 0.2) is 0 Å². The molecule has 0 aromatic carbocycles. The molecular weight excluding hydrogens is 172 g/mol. The number of methoxy groups -OCH3 is 1. The van der Waals surface area contributed by atoms with Gasteiger partial charge < -0.3 is 14.2 Å². The molecule has 1 aliphatic rings. The largest absolute Gasteiger partial charge is 0.496 e. The highest BCUT2D eigenvalue weighted by Crippen LogP contribution is 2.14. The molecular formula is C9H14O4. The maximum atomic E-state index is 10.6. The average Bonchev–Trinajstić information content (AvgIpc) is 2.04. The van der Waals surface area contributed by atoms with Crippen LogP contribution in [-0.2, 0) is 19.0 Å². The van der Waals surface area contributed by atoms with Crippen molar-refractivity contribution in [1.29, 1.82) is 0 Å². The van der Waals surface area contributed by atoms with Crippen LogP contribution in [0.1, 0.15) is 13.3 Å². The molecule has 0 amide bonds. The minimum Gasteiger partial charge on any atom is -0.496 e. The number of ether oxygens (including phenoxy) is 3. The lowest BCUT2D eigenvalue weighted by atomic mass is 10.1. The van der Waals surface area contributed by atoms with E-state index < -0.39 is 0 Å². The molecule has 0 N–H and O–H groups in total. The van der Waals surface area contributed by atoms with Crippen molar-refractivity contribution in [2.24, 2.45) is 0 Å². The van der Waals surface area contributed by atoms with Crippen LogP contribution in [0.5, 0.6) is 0 Å². The molecule has 1 heterocycles. The number of carbonyl (C=O) groups is 1. The smallest absolute Gasteiger partial charge is 0.303 e. The van der Waals surface area contributed by atoms with Crippen LogP contribution in [0.25, 0.3) is 0 Å². The number of hydrogen-bond donors (Lipinski definition) is 0. The molecule has 0 aromatic rings. The van der Waals surface area contributed by atoms with Gasteiger partial charge in [-0.05, 0) is 6.08 Å². The zero-order valence-corrected chi connectivity index (χ0v) is 7.86. The molecule has 0 bridgehead atoms. The van der Waals surface area contributed by atoms with Gasteiger partial charge in [0, 0.05) is 20.5 Å². The molecule has 1 aliphatic heterocycles. The molecule has 0 saturated carbocycles. The fourth-order valence-corrected chi connectivity index (χ4v) is 1.23. The summed E-state index contributed by atoms with van der Waals surface area (Å²) < 4.78 is 15.2. The van der Waals surface area contributed by atoms with Gasteiger partial charge in [-0.2, -0.15) is 0 Å². The summed E-state index contributed by atoms with van der Waals surface area (Å²) in [5.74, 6) is -0.271. The van der Waals surface area contributed by atoms with Crippen LogP contribution in [0, 0.1) is 0 Å². The Kier molecular flexibility index (Phi) is 3.76. The third kappa shape index (κ3) is 3.46. The lowest BCUT2D eigenvalue weighted by Gasteiger charge is -2.24. The Balaban J connectivity index is 2.37. The Morgan fingerprint density at radius 1 is 1.69 bits per heavy atom. The Hall–Kier alpha value is -1.03. The monoisotopic (exact) mass is 186 g/mol. The molecule has 0 saturated heterocycles. The first kappa shape index (κ1) is 10.1. The molecule has 1 rings (SSSR count). The molecule has 4 heteroatoms. The van der Waals surface area contributed by atoms with Crippen LogP contribution in [0.2, 0.25) is 0 Å². The summed E-state index contributed by atoms with van der Waals surface area (Å²) in [6.45, 7) is 1.91. The molecule has 0 fully saturated rings. The first-order chi connectivity index (χ1) is 6.22. The highest BCUT2D eigenvalue weighted by Gasteiger charge is 2.20. The van der Waals surface area contributed by atoms with Gasteiger partial charge in [-0.25, -0.2) is 0 Å². The van der Waals surface area contributed by atoms with E-state index >= 15 is 0 Å². The molecule has 0 aromatic heterocycles. The van der Waals surface area contributed by atoms with Crippen molar-refractivity contribution in [1.82, 2.24) is 0 Å². The van der Waals surface area contributed by atoms with Crippen molar-refractivity contribution in [2.75, 3.05) is 13.7 Å². The third-order valence-corrected chi connectivity index (χ3v) is 1.73. The van der Waals surface area contributed by atoms with Crippen molar-refractivity contribution in [3.63, 3.8) is 0 Å². The van der Waals surface area contributed by atoms with E-state index in [1.807, 2.05) is 0 Å². The standard InChI is InChI=1S/C9H14O4/c1-7(10)13-8-3-4-12-9(5-8)6-11-2/h3-4,8-9H,5-6H2,1-2H3. The number of hydrogen-bond acceptors (Lipinski definition) is 4. The predicted molar refractivity (Wildman–Crippen MR) is 46.1 cm³/mol. The molecule has 4 nitrogen and oxygen atoms in total. The summed E-state index contributed by atoms with van der Waals surface area (Å²) in [6, 6.07) is 0. The van der Waals surface area contributed by atoms with Crippen LogP contribution in [0.3, 0.4) is 0 Å². The van der Waals surface area contributed by atoms with Crippen molar-refractivity contribution < 1.29 is 19.0 Å². The van der Waals surface area contributed by atoms with Crippen LogP contribution >= 0.6 is 0 Å². The molecule has 74 valence electrons. The first-order valence-electron chi connectivity index (χ1n) is 4.20. The van der Waals surface area contributed by atoms with Gasteiger partial charge in [-0.15, -0.1) is 0 Å². The number of esters is 1. The van der Waals surface area contributed by atoms with E-state index in [-0.39, 0.29) is 18.2 Å². The second-order valence-electron chi connectivity index (χ2n) is 2.93. The van der Waals surface area contributed by atoms with Crippen molar-refractivity contribution in [3.05, 3.63) is 12.3 Å². The SMILES string of the molecule is COCC1CC(OC(C)=O)C=CO1. The molecule has 2 atom stereocenters. The van der Waals surface area contributed by atoms with Crippen molar-refractivity contribution in [3.8, 4) is 0 Å². The fourth-order valence-electron chi connectivity index (χ4n) is 1.23. The highest BCUT2D eigenvalue weighted by atomic mass is 16.6. The van der Waals surface area contributed by atoms with E-state index in [2.05, 4.69) is 0 Å². The summed E-state index contributed by atoms with van der Waals surface area (Å²) in [5.41, 5.74) is 0. The van der Waals surface area contributed by atoms with Crippen LogP contribution in [0.4, 0.5) is 0 Å². The van der Waals surface area contributed by atoms with Gasteiger partial charge in [0.05, 0.1) is 12.9 Å². The molecule has 0 spiro atoms. The van der Waals surface area contributed by atoms with E-state index in [1.54, 1.807) is 19.4 Å². The summed E-state index contributed by atoms with van der Waals surface area (Å²) in [4.78, 5) is 10.6. The summed E-state index contributed by atoms with van der Waals surface area (Å²) in [7, 11) is 1.61. The Morgan fingerprint density at radius 3 is 3.08 bits per heavy atom. The number of rotatable bonds is 3. The predicted octanol–water partition coefficient (Wildman–Crippen LogP) is 0.867. The molecule has 0 aliphatic carbocycles. The van der Waals surface area contributed by atoms with Crippen LogP contribution in [0.15, 0.2) is 12.3 Å². The van der Waals surface area contributed by atoms with E-state index in [1.165, 1.54) is 6.92 Å². The summed E-state index contributed by atoms with van der Waals surface area (Å²) in [5, 5.41) is 0. The van der Waals surface area contributed by atoms with E-state index in [4.69, 9.17) is 14.2 Å². The highest BCUT2D eigenvalue weighted by molar-refractivity contribution is 5.66. The quantitative estimate of drug-likeness (QED) is 0.613. The normalized spacial score (nSPS) is 26.6. The van der Waals surface area contributed by atoms with E-state index in [0.29, 0.717) is 13.0 Å². The second-order valence-corrected chi connectivity index (χ2v) is 2.93. The summed E-state index contributed by atoms with van der Waals surface area (Å²) >= 11 is 0. The van der Waals surface area contributed by atoms with Crippen LogP contribution < -0.4 is 0 Å². The van der Waals surface area contributed by atoms with Gasteiger partial charge in [0.2, 0.25) is 0 Å². The molecule has 13 heavy (non-hydrogen) atoms. The van der Waals surface area contributed by atoms with Gasteiger partial charge >= 0.3 is 5.97 Å². The van der Waals surface area contributed by atoms with Gasteiger partial charge in [0.1, 0.15) is 12.2 Å². The lowest BCUT2D eigenvalue weighted by Crippen LogP contribution is -2.28. The fraction of sp³-hybridized carbons (Fsp3) is 0.667. The van der Waals surface area contributed by atoms with Crippen LogP contribution in [-0.4, -0.2) is 31.9 Å². The van der Waals surface area contributed by atoms with E-state index in [9.17, 15) is 4.79 Å². The average molecular weight is 186 g/mol. The first-order valence-corrected chi connectivity index (χ1v) is 4.20. The number of carbonyl (C=O) groups excluding carboxylic acids is 1. The summed E-state index contributed by atoms with van der Waals surface area (Å²) in [6.07, 6.45) is 3.75. The lowest BCUT2D eigenvalue weighted by molar-refractivity contribution is -0.146. The third-order valence-electron chi connectivity index (χ3n) is 1.73. The zero-order valence-electron chi connectivity index (χ0n) is 7.86. The zero-order chi connectivity index (χ0) is 9.68. The second kappa shape index (κ2) is 4.87. The Labute approximate surface area is 77.5 Å². The maximum Gasteiger partial charge on any atom is 0.303 e. The Bertz CT molecular complexity index is 200. The molecule has 0 radical (unpaired) electrons.